The van der Waals surface area contributed by atoms with Crippen molar-refractivity contribution in [2.45, 2.75) is 38.8 Å². The third kappa shape index (κ3) is 6.17. The molecule has 0 amide bonds. The highest BCUT2D eigenvalue weighted by Crippen LogP contribution is 2.27. The smallest absolute Gasteiger partial charge is 0.129 e. The Morgan fingerprint density at radius 1 is 0.972 bits per heavy atom. The average Bonchev–Trinajstić information content (AvgIpc) is 2.90. The summed E-state index contributed by atoms with van der Waals surface area (Å²) in [7, 11) is 2.19. The van der Waals surface area contributed by atoms with Gasteiger partial charge in [0.15, 0.2) is 0 Å². The molecule has 2 aromatic carbocycles. The maximum absolute atomic E-state index is 6.65. The van der Waals surface area contributed by atoms with Crippen LogP contribution in [0.15, 0.2) is 54.6 Å². The van der Waals surface area contributed by atoms with Gasteiger partial charge in [0.05, 0.1) is 5.52 Å². The van der Waals surface area contributed by atoms with E-state index in [4.69, 9.17) is 10.7 Å². The number of piperazine rings is 1. The van der Waals surface area contributed by atoms with Crippen molar-refractivity contribution in [2.24, 2.45) is 11.7 Å². The fourth-order valence-electron chi connectivity index (χ4n) is 5.68. The number of nitrogens with two attached hydrogens (primary N) is 1. The molecule has 2 saturated heterocycles. The molecule has 0 radical (unpaired) electrons. The van der Waals surface area contributed by atoms with E-state index in [1.165, 1.54) is 29.4 Å². The van der Waals surface area contributed by atoms with Crippen LogP contribution in [0.2, 0.25) is 0 Å². The summed E-state index contributed by atoms with van der Waals surface area (Å²) in [6.45, 7) is 10.7. The molecule has 3 N–H and O–H groups in total. The molecule has 3 aromatic rings. The Bertz CT molecular complexity index is 1120. The molecule has 0 saturated carbocycles. The SMILES string of the molecule is Cc1cc(N2CCN(C)CC2)nc2ccc(NCCC(N)C3CCN(Cc4ccccc4)CC3)cc12. The molecule has 5 rings (SSSR count). The molecule has 6 nitrogen and oxygen atoms in total. The van der Waals surface area contributed by atoms with Gasteiger partial charge in [-0.2, -0.15) is 0 Å². The van der Waals surface area contributed by atoms with E-state index >= 15 is 0 Å². The van der Waals surface area contributed by atoms with E-state index in [1.54, 1.807) is 0 Å². The van der Waals surface area contributed by atoms with Gasteiger partial charge < -0.3 is 20.9 Å². The number of piperidine rings is 1. The fourth-order valence-corrected chi connectivity index (χ4v) is 5.68. The van der Waals surface area contributed by atoms with Crippen LogP contribution in [0.4, 0.5) is 11.5 Å². The third-order valence-electron chi connectivity index (χ3n) is 8.12. The Balaban J connectivity index is 1.10. The number of pyridine rings is 1. The number of fused-ring (bicyclic) bond motifs is 1. The number of nitrogens with zero attached hydrogens (tertiary/aromatic N) is 4. The molecule has 1 atom stereocenters. The van der Waals surface area contributed by atoms with Gasteiger partial charge in [0.25, 0.3) is 0 Å². The van der Waals surface area contributed by atoms with Crippen molar-refractivity contribution in [2.75, 3.05) is 63.1 Å². The van der Waals surface area contributed by atoms with Gasteiger partial charge >= 0.3 is 0 Å². The highest BCUT2D eigenvalue weighted by Gasteiger charge is 2.24. The lowest BCUT2D eigenvalue weighted by Gasteiger charge is -2.35. The quantitative estimate of drug-likeness (QED) is 0.494. The number of nitrogens with one attached hydrogen (secondary N) is 1. The number of benzene rings is 2. The lowest BCUT2D eigenvalue weighted by atomic mass is 9.88. The molecular formula is C30H42N6. The second-order valence-electron chi connectivity index (χ2n) is 10.8. The zero-order chi connectivity index (χ0) is 24.9. The maximum Gasteiger partial charge on any atom is 0.129 e. The molecule has 1 aromatic heterocycles. The normalized spacial score (nSPS) is 19.0. The number of rotatable bonds is 8. The minimum Gasteiger partial charge on any atom is -0.385 e. The number of hydrogen-bond donors (Lipinski definition) is 2. The van der Waals surface area contributed by atoms with Crippen molar-refractivity contribution in [3.05, 3.63) is 65.7 Å². The van der Waals surface area contributed by atoms with Crippen molar-refractivity contribution in [1.82, 2.24) is 14.8 Å². The average molecular weight is 487 g/mol. The molecule has 0 bridgehead atoms. The van der Waals surface area contributed by atoms with Gasteiger partial charge in [-0.1, -0.05) is 30.3 Å². The number of aryl methyl sites for hydroxylation is 1. The Kier molecular flexibility index (Phi) is 8.05. The second-order valence-corrected chi connectivity index (χ2v) is 10.8. The second kappa shape index (κ2) is 11.6. The molecule has 3 heterocycles. The molecule has 2 fully saturated rings. The van der Waals surface area contributed by atoms with Crippen molar-refractivity contribution < 1.29 is 0 Å². The van der Waals surface area contributed by atoms with Crippen LogP contribution in [0, 0.1) is 12.8 Å². The number of hydrogen-bond acceptors (Lipinski definition) is 6. The van der Waals surface area contributed by atoms with Gasteiger partial charge in [-0.05, 0) is 87.6 Å². The first-order chi connectivity index (χ1) is 17.5. The van der Waals surface area contributed by atoms with Crippen LogP contribution in [0.25, 0.3) is 10.9 Å². The summed E-state index contributed by atoms with van der Waals surface area (Å²) in [6, 6.07) is 19.9. The molecule has 2 aliphatic heterocycles. The highest BCUT2D eigenvalue weighted by atomic mass is 15.3. The van der Waals surface area contributed by atoms with Crippen molar-refractivity contribution in [3.8, 4) is 0 Å². The van der Waals surface area contributed by atoms with Crippen LogP contribution >= 0.6 is 0 Å². The summed E-state index contributed by atoms with van der Waals surface area (Å²) < 4.78 is 0. The first-order valence-corrected chi connectivity index (χ1v) is 13.7. The van der Waals surface area contributed by atoms with E-state index in [1.807, 2.05) is 0 Å². The van der Waals surface area contributed by atoms with Crippen molar-refractivity contribution in [1.29, 1.82) is 0 Å². The summed E-state index contributed by atoms with van der Waals surface area (Å²) in [5.74, 6) is 1.73. The topological polar surface area (TPSA) is 60.7 Å². The van der Waals surface area contributed by atoms with E-state index in [9.17, 15) is 0 Å². The Hall–Kier alpha value is -2.67. The third-order valence-corrected chi connectivity index (χ3v) is 8.12. The van der Waals surface area contributed by atoms with Crippen LogP contribution in [0.5, 0.6) is 0 Å². The highest BCUT2D eigenvalue weighted by molar-refractivity contribution is 5.87. The van der Waals surface area contributed by atoms with Gasteiger partial charge in [0.2, 0.25) is 0 Å². The predicted octanol–water partition coefficient (Wildman–Crippen LogP) is 4.34. The lowest BCUT2D eigenvalue weighted by Crippen LogP contribution is -2.44. The Labute approximate surface area is 216 Å². The van der Waals surface area contributed by atoms with E-state index in [-0.39, 0.29) is 6.04 Å². The summed E-state index contributed by atoms with van der Waals surface area (Å²) in [5, 5.41) is 4.85. The lowest BCUT2D eigenvalue weighted by molar-refractivity contribution is 0.161. The Morgan fingerprint density at radius 2 is 1.72 bits per heavy atom. The zero-order valence-corrected chi connectivity index (χ0v) is 22.0. The predicted molar refractivity (Wildman–Crippen MR) is 152 cm³/mol. The number of likely N-dealkylation sites (tertiary alicyclic amines) is 1. The van der Waals surface area contributed by atoms with Crippen LogP contribution in [-0.2, 0) is 6.54 Å². The van der Waals surface area contributed by atoms with Crippen molar-refractivity contribution in [3.63, 3.8) is 0 Å². The fraction of sp³-hybridized carbons (Fsp3) is 0.500. The number of aromatic nitrogens is 1. The van der Waals surface area contributed by atoms with E-state index in [2.05, 4.69) is 88.6 Å². The minimum atomic E-state index is 0.256. The summed E-state index contributed by atoms with van der Waals surface area (Å²) >= 11 is 0. The summed E-state index contributed by atoms with van der Waals surface area (Å²) in [5.41, 5.74) is 11.6. The first-order valence-electron chi connectivity index (χ1n) is 13.7. The monoisotopic (exact) mass is 486 g/mol. The molecule has 6 heteroatoms. The van der Waals surface area contributed by atoms with Crippen LogP contribution in [0.3, 0.4) is 0 Å². The van der Waals surface area contributed by atoms with E-state index in [0.717, 1.165) is 75.8 Å². The first kappa shape index (κ1) is 25.0. The Morgan fingerprint density at radius 3 is 2.47 bits per heavy atom. The molecular weight excluding hydrogens is 444 g/mol. The number of likely N-dealkylation sites (N-methyl/N-ethyl adjacent to an activating group) is 1. The van der Waals surface area contributed by atoms with Gasteiger partial charge in [-0.15, -0.1) is 0 Å². The molecule has 36 heavy (non-hydrogen) atoms. The molecule has 192 valence electrons. The molecule has 2 aliphatic rings. The molecule has 0 aliphatic carbocycles. The van der Waals surface area contributed by atoms with Crippen LogP contribution in [-0.4, -0.2) is 73.7 Å². The van der Waals surface area contributed by atoms with E-state index < -0.39 is 0 Å². The summed E-state index contributed by atoms with van der Waals surface area (Å²) in [6.07, 6.45) is 3.40. The van der Waals surface area contributed by atoms with E-state index in [0.29, 0.717) is 5.92 Å². The van der Waals surface area contributed by atoms with Gasteiger partial charge in [-0.3, -0.25) is 4.90 Å². The molecule has 1 unspecified atom stereocenters. The standard InChI is InChI=1S/C30H42N6/c1-23-20-30(36-18-16-34(2)17-19-36)33-29-9-8-26(21-27(23)29)32-13-10-28(31)25-11-14-35(15-12-25)22-24-6-4-3-5-7-24/h3-9,20-21,25,28,32H,10-19,22,31H2,1-2H3. The van der Waals surface area contributed by atoms with Gasteiger partial charge in [0, 0.05) is 56.4 Å². The zero-order valence-electron chi connectivity index (χ0n) is 22.0. The van der Waals surface area contributed by atoms with Crippen molar-refractivity contribution >= 4 is 22.4 Å². The minimum absolute atomic E-state index is 0.256. The van der Waals surface area contributed by atoms with Gasteiger partial charge in [-0.25, -0.2) is 4.98 Å². The maximum atomic E-state index is 6.65. The van der Waals surface area contributed by atoms with Crippen LogP contribution < -0.4 is 16.0 Å². The van der Waals surface area contributed by atoms with Crippen LogP contribution in [0.1, 0.15) is 30.4 Å². The molecule has 0 spiro atoms. The number of anilines is 2. The van der Waals surface area contributed by atoms with Gasteiger partial charge in [0.1, 0.15) is 5.82 Å². The largest absolute Gasteiger partial charge is 0.385 e. The summed E-state index contributed by atoms with van der Waals surface area (Å²) in [4.78, 5) is 12.3.